The molecule has 1 heterocycles. The molecule has 0 aliphatic rings. The van der Waals surface area contributed by atoms with Gasteiger partial charge >= 0.3 is 0 Å². The highest BCUT2D eigenvalue weighted by Crippen LogP contribution is 2.31. The molecule has 4 rings (SSSR count). The summed E-state index contributed by atoms with van der Waals surface area (Å²) in [5.74, 6) is -1.55. The van der Waals surface area contributed by atoms with Crippen LogP contribution < -0.4 is 5.01 Å². The Morgan fingerprint density at radius 1 is 0.950 bits per heavy atom. The van der Waals surface area contributed by atoms with Crippen LogP contribution in [0.4, 0.5) is 13.9 Å². The van der Waals surface area contributed by atoms with Crippen molar-refractivity contribution in [3.63, 3.8) is 0 Å². The van der Waals surface area contributed by atoms with Crippen molar-refractivity contribution in [1.29, 1.82) is 10.5 Å². The summed E-state index contributed by atoms with van der Waals surface area (Å²) in [6, 6.07) is 18.3. The number of thiazole rings is 1. The molecule has 3 aromatic carbocycles. The summed E-state index contributed by atoms with van der Waals surface area (Å²) in [6.45, 7) is -0.156. The zero-order chi connectivity index (χ0) is 28.7. The van der Waals surface area contributed by atoms with Crippen molar-refractivity contribution in [2.24, 2.45) is 5.10 Å². The van der Waals surface area contributed by atoms with Crippen molar-refractivity contribution in [3.05, 3.63) is 89.5 Å². The number of hydrogen-bond donors (Lipinski definition) is 0. The van der Waals surface area contributed by atoms with Crippen LogP contribution >= 0.6 is 11.3 Å². The number of nitriles is 2. The van der Waals surface area contributed by atoms with E-state index in [9.17, 15) is 22.0 Å². The van der Waals surface area contributed by atoms with Crippen molar-refractivity contribution in [1.82, 2.24) is 9.29 Å². The molecular formula is C27H20F2N6O3S2. The minimum atomic E-state index is -4.03. The summed E-state index contributed by atoms with van der Waals surface area (Å²) in [6.07, 6.45) is 1.24. The van der Waals surface area contributed by atoms with Crippen molar-refractivity contribution >= 4 is 48.8 Å². The Bertz CT molecular complexity index is 1720. The molecule has 1 aromatic heterocycles. The fourth-order valence-electron chi connectivity index (χ4n) is 3.58. The molecule has 0 fully saturated rings. The maximum Gasteiger partial charge on any atom is 0.280 e. The largest absolute Gasteiger partial charge is 0.280 e. The average molecular weight is 579 g/mol. The number of carbonyl (C=O) groups is 1. The number of nitrogens with zero attached hydrogens (tertiary/aromatic N) is 6. The van der Waals surface area contributed by atoms with Crippen molar-refractivity contribution in [3.8, 4) is 12.1 Å². The van der Waals surface area contributed by atoms with E-state index in [0.29, 0.717) is 15.8 Å². The summed E-state index contributed by atoms with van der Waals surface area (Å²) in [5.41, 5.74) is 1.04. The van der Waals surface area contributed by atoms with Gasteiger partial charge in [-0.05, 0) is 60.2 Å². The van der Waals surface area contributed by atoms with Crippen LogP contribution in [0, 0.1) is 34.3 Å². The van der Waals surface area contributed by atoms with E-state index in [0.717, 1.165) is 20.7 Å². The molecule has 0 saturated heterocycles. The normalized spacial score (nSPS) is 11.5. The quantitative estimate of drug-likeness (QED) is 0.191. The van der Waals surface area contributed by atoms with E-state index in [4.69, 9.17) is 10.5 Å². The molecule has 0 N–H and O–H groups in total. The third kappa shape index (κ3) is 6.52. The highest BCUT2D eigenvalue weighted by atomic mass is 32.2. The smallest absolute Gasteiger partial charge is 0.267 e. The van der Waals surface area contributed by atoms with Crippen LogP contribution in [0.1, 0.15) is 28.8 Å². The van der Waals surface area contributed by atoms with Gasteiger partial charge in [0.05, 0.1) is 33.5 Å². The lowest BCUT2D eigenvalue weighted by Crippen LogP contribution is -2.33. The molecule has 0 spiro atoms. The van der Waals surface area contributed by atoms with Gasteiger partial charge < -0.3 is 0 Å². The number of halogens is 2. The standard InChI is InChI=1S/C27H20F2N6O3S2/c28-21-7-3-19(4-8-21)18-32-35(27-33-24-12-9-22(29)17-25(24)39-27)26(36)20-5-10-23(11-6-20)40(37,38)34(15-1-13-30)16-2-14-31/h3-12,17-18H,1-2,15-16H2/b32-18+. The Morgan fingerprint density at radius 2 is 1.57 bits per heavy atom. The summed E-state index contributed by atoms with van der Waals surface area (Å²) in [4.78, 5) is 17.8. The first-order valence-corrected chi connectivity index (χ1v) is 14.0. The second kappa shape index (κ2) is 12.5. The topological polar surface area (TPSA) is 131 Å². The monoisotopic (exact) mass is 578 g/mol. The summed E-state index contributed by atoms with van der Waals surface area (Å²) < 4.78 is 54.8. The zero-order valence-electron chi connectivity index (χ0n) is 20.7. The Morgan fingerprint density at radius 3 is 2.20 bits per heavy atom. The van der Waals surface area contributed by atoms with Crippen LogP contribution in [0.5, 0.6) is 0 Å². The second-order valence-electron chi connectivity index (χ2n) is 8.27. The van der Waals surface area contributed by atoms with E-state index in [1.54, 1.807) is 0 Å². The molecule has 9 nitrogen and oxygen atoms in total. The molecule has 13 heteroatoms. The summed E-state index contributed by atoms with van der Waals surface area (Å²) in [7, 11) is -4.03. The van der Waals surface area contributed by atoms with Gasteiger partial charge in [-0.2, -0.15) is 24.9 Å². The maximum atomic E-state index is 13.8. The second-order valence-corrected chi connectivity index (χ2v) is 11.2. The minimum absolute atomic E-state index is 0.0473. The molecular weight excluding hydrogens is 558 g/mol. The number of hydrazone groups is 1. The summed E-state index contributed by atoms with van der Waals surface area (Å²) >= 11 is 1.03. The number of sulfonamides is 1. The molecule has 1 amide bonds. The van der Waals surface area contributed by atoms with Crippen LogP contribution in [0.15, 0.2) is 76.7 Å². The molecule has 4 aromatic rings. The lowest BCUT2D eigenvalue weighted by Gasteiger charge is -2.20. The summed E-state index contributed by atoms with van der Waals surface area (Å²) in [5, 5.41) is 23.2. The van der Waals surface area contributed by atoms with Crippen molar-refractivity contribution in [2.75, 3.05) is 18.1 Å². The van der Waals surface area contributed by atoms with E-state index in [2.05, 4.69) is 10.1 Å². The highest BCUT2D eigenvalue weighted by Gasteiger charge is 2.26. The van der Waals surface area contributed by atoms with Gasteiger partial charge in [0.25, 0.3) is 5.91 Å². The molecule has 202 valence electrons. The molecule has 0 bridgehead atoms. The van der Waals surface area contributed by atoms with Crippen LogP contribution in [-0.4, -0.2) is 42.9 Å². The number of aromatic nitrogens is 1. The van der Waals surface area contributed by atoms with E-state index < -0.39 is 27.6 Å². The van der Waals surface area contributed by atoms with Gasteiger partial charge in [0.15, 0.2) is 0 Å². The van der Waals surface area contributed by atoms with Gasteiger partial charge in [-0.1, -0.05) is 23.5 Å². The molecule has 0 aliphatic carbocycles. The number of benzene rings is 3. The number of rotatable bonds is 10. The molecule has 0 saturated carbocycles. The van der Waals surface area contributed by atoms with Gasteiger partial charge in [-0.3, -0.25) is 4.79 Å². The molecule has 0 unspecified atom stereocenters. The number of hydrogen-bond acceptors (Lipinski definition) is 8. The highest BCUT2D eigenvalue weighted by molar-refractivity contribution is 7.89. The van der Waals surface area contributed by atoms with E-state index in [-0.39, 0.29) is 41.5 Å². The zero-order valence-corrected chi connectivity index (χ0v) is 22.4. The van der Waals surface area contributed by atoms with Gasteiger partial charge in [0, 0.05) is 31.5 Å². The van der Waals surface area contributed by atoms with Gasteiger partial charge in [-0.15, -0.1) is 0 Å². The first kappa shape index (κ1) is 28.4. The fraction of sp³-hybridized carbons (Fsp3) is 0.148. The molecule has 0 aliphatic heterocycles. The predicted octanol–water partition coefficient (Wildman–Crippen LogP) is 5.07. The van der Waals surface area contributed by atoms with Gasteiger partial charge in [-0.25, -0.2) is 22.2 Å². The third-order valence-corrected chi connectivity index (χ3v) is 8.50. The Hall–Kier alpha value is -4.56. The van der Waals surface area contributed by atoms with E-state index in [1.807, 2.05) is 12.1 Å². The number of carbonyl (C=O) groups excluding carboxylic acids is 1. The van der Waals surface area contributed by atoms with Crippen LogP contribution in [0.2, 0.25) is 0 Å². The van der Waals surface area contributed by atoms with Crippen LogP contribution in [-0.2, 0) is 10.0 Å². The number of fused-ring (bicyclic) bond motifs is 1. The number of anilines is 1. The van der Waals surface area contributed by atoms with Crippen LogP contribution in [0.3, 0.4) is 0 Å². The molecule has 0 radical (unpaired) electrons. The maximum absolute atomic E-state index is 13.8. The minimum Gasteiger partial charge on any atom is -0.267 e. The van der Waals surface area contributed by atoms with Crippen molar-refractivity contribution < 1.29 is 22.0 Å². The Balaban J connectivity index is 1.67. The van der Waals surface area contributed by atoms with Crippen molar-refractivity contribution in [2.45, 2.75) is 17.7 Å². The van der Waals surface area contributed by atoms with Gasteiger partial charge in [0.2, 0.25) is 15.2 Å². The van der Waals surface area contributed by atoms with E-state index >= 15 is 0 Å². The fourth-order valence-corrected chi connectivity index (χ4v) is 5.97. The Labute approximate surface area is 232 Å². The lowest BCUT2D eigenvalue weighted by molar-refractivity contribution is 0.0987. The van der Waals surface area contributed by atoms with Gasteiger partial charge in [0.1, 0.15) is 11.6 Å². The first-order valence-electron chi connectivity index (χ1n) is 11.8. The SMILES string of the molecule is N#CCCN(CCC#N)S(=O)(=O)c1ccc(C(=O)N(/N=C/c2ccc(F)cc2)c2nc3ccc(F)cc3s2)cc1. The Kier molecular flexibility index (Phi) is 8.91. The third-order valence-electron chi connectivity index (χ3n) is 5.59. The molecule has 40 heavy (non-hydrogen) atoms. The van der Waals surface area contributed by atoms with E-state index in [1.165, 1.54) is 72.9 Å². The average Bonchev–Trinajstić information content (AvgIpc) is 3.36. The lowest BCUT2D eigenvalue weighted by atomic mass is 10.2. The molecule has 0 atom stereocenters. The predicted molar refractivity (Wildman–Crippen MR) is 146 cm³/mol. The number of amides is 1. The van der Waals surface area contributed by atoms with Crippen LogP contribution in [0.25, 0.3) is 10.2 Å². The first-order chi connectivity index (χ1) is 19.2.